The van der Waals surface area contributed by atoms with Gasteiger partial charge in [-0.1, -0.05) is 13.0 Å². The van der Waals surface area contributed by atoms with Gasteiger partial charge in [-0.25, -0.2) is 4.98 Å². The van der Waals surface area contributed by atoms with Gasteiger partial charge in [0.15, 0.2) is 5.79 Å². The summed E-state index contributed by atoms with van der Waals surface area (Å²) in [6.07, 6.45) is 0.758. The molecular weight excluding hydrogens is 256 g/mol. The maximum absolute atomic E-state index is 12.0. The molecule has 1 aliphatic rings. The maximum Gasteiger partial charge on any atom is 0.269 e. The van der Waals surface area contributed by atoms with E-state index in [1.54, 1.807) is 6.07 Å². The zero-order valence-electron chi connectivity index (χ0n) is 12.3. The molecule has 20 heavy (non-hydrogen) atoms. The number of nitrogens with one attached hydrogen (secondary N) is 1. The van der Waals surface area contributed by atoms with Crippen molar-refractivity contribution in [3.8, 4) is 0 Å². The van der Waals surface area contributed by atoms with Gasteiger partial charge in [-0.2, -0.15) is 0 Å². The fourth-order valence-electron chi connectivity index (χ4n) is 2.41. The van der Waals surface area contributed by atoms with Gasteiger partial charge >= 0.3 is 0 Å². The van der Waals surface area contributed by atoms with Gasteiger partial charge in [0.2, 0.25) is 0 Å². The second-order valence-corrected chi connectivity index (χ2v) is 5.51. The topological polar surface area (TPSA) is 60.5 Å². The Balaban J connectivity index is 1.81. The van der Waals surface area contributed by atoms with Crippen LogP contribution < -0.4 is 5.32 Å². The summed E-state index contributed by atoms with van der Waals surface area (Å²) in [5.41, 5.74) is 1.29. The Morgan fingerprint density at radius 2 is 2.15 bits per heavy atom. The quantitative estimate of drug-likeness (QED) is 0.893. The molecule has 1 atom stereocenters. The number of pyridine rings is 1. The molecule has 1 saturated heterocycles. The smallest absolute Gasteiger partial charge is 0.269 e. The number of amides is 1. The first-order valence-electron chi connectivity index (χ1n) is 6.98. The zero-order valence-corrected chi connectivity index (χ0v) is 12.3. The Morgan fingerprint density at radius 3 is 2.80 bits per heavy atom. The van der Waals surface area contributed by atoms with Gasteiger partial charge in [0.1, 0.15) is 5.69 Å². The van der Waals surface area contributed by atoms with E-state index in [-0.39, 0.29) is 11.8 Å². The molecule has 0 spiro atoms. The van der Waals surface area contributed by atoms with E-state index in [9.17, 15) is 4.79 Å². The maximum atomic E-state index is 12.0. The highest BCUT2D eigenvalue weighted by molar-refractivity contribution is 5.92. The molecule has 2 heterocycles. The summed E-state index contributed by atoms with van der Waals surface area (Å²) in [6.45, 7) is 7.75. The molecule has 1 amide bonds. The summed E-state index contributed by atoms with van der Waals surface area (Å²) in [5.74, 6) is -0.378. The number of carbonyl (C=O) groups excluding carboxylic acids is 1. The highest BCUT2D eigenvalue weighted by atomic mass is 16.7. The summed E-state index contributed by atoms with van der Waals surface area (Å²) >= 11 is 0. The number of hydrogen-bond acceptors (Lipinski definition) is 4. The van der Waals surface area contributed by atoms with Gasteiger partial charge in [-0.3, -0.25) is 4.79 Å². The molecule has 0 bridgehead atoms. The van der Waals surface area contributed by atoms with Crippen molar-refractivity contribution >= 4 is 5.91 Å². The van der Waals surface area contributed by atoms with Crippen LogP contribution in [0.15, 0.2) is 18.2 Å². The Hall–Kier alpha value is -1.46. The Morgan fingerprint density at radius 1 is 1.45 bits per heavy atom. The first-order chi connectivity index (χ1) is 9.48. The van der Waals surface area contributed by atoms with Crippen LogP contribution in [0.25, 0.3) is 0 Å². The largest absolute Gasteiger partial charge is 0.350 e. The van der Waals surface area contributed by atoms with Crippen molar-refractivity contribution in [1.82, 2.24) is 10.3 Å². The SMILES string of the molecule is Cc1cccc(C(=O)NCC(C)CC2(C)OCCO2)n1. The lowest BCUT2D eigenvalue weighted by atomic mass is 10.0. The highest BCUT2D eigenvalue weighted by Crippen LogP contribution is 2.26. The fraction of sp³-hybridized carbons (Fsp3) is 0.600. The lowest BCUT2D eigenvalue weighted by Crippen LogP contribution is -2.34. The average Bonchev–Trinajstić information content (AvgIpc) is 2.82. The van der Waals surface area contributed by atoms with Gasteiger partial charge in [0.05, 0.1) is 13.2 Å². The van der Waals surface area contributed by atoms with Crippen LogP contribution in [0.2, 0.25) is 0 Å². The first-order valence-corrected chi connectivity index (χ1v) is 6.98. The summed E-state index contributed by atoms with van der Waals surface area (Å²) in [5, 5.41) is 2.90. The second kappa shape index (κ2) is 6.33. The van der Waals surface area contributed by atoms with Crippen molar-refractivity contribution in [2.45, 2.75) is 33.0 Å². The van der Waals surface area contributed by atoms with Gasteiger partial charge in [-0.15, -0.1) is 0 Å². The Kier molecular flexibility index (Phi) is 4.73. The van der Waals surface area contributed by atoms with Gasteiger partial charge < -0.3 is 14.8 Å². The van der Waals surface area contributed by atoms with E-state index in [1.807, 2.05) is 26.0 Å². The van der Waals surface area contributed by atoms with Crippen LogP contribution in [-0.2, 0) is 9.47 Å². The van der Waals surface area contributed by atoms with E-state index < -0.39 is 5.79 Å². The van der Waals surface area contributed by atoms with Gasteiger partial charge in [0, 0.05) is 18.7 Å². The molecule has 2 rings (SSSR count). The molecule has 5 nitrogen and oxygen atoms in total. The first kappa shape index (κ1) is 14.9. The second-order valence-electron chi connectivity index (χ2n) is 5.51. The number of aryl methyl sites for hydroxylation is 1. The van der Waals surface area contributed by atoms with E-state index in [0.717, 1.165) is 12.1 Å². The predicted octanol–water partition coefficient (Wildman–Crippen LogP) is 1.91. The third-order valence-corrected chi connectivity index (χ3v) is 3.35. The molecule has 0 aliphatic carbocycles. The molecule has 1 fully saturated rings. The summed E-state index contributed by atoms with van der Waals surface area (Å²) < 4.78 is 11.1. The molecule has 110 valence electrons. The zero-order chi connectivity index (χ0) is 14.6. The van der Waals surface area contributed by atoms with E-state index in [1.165, 1.54) is 0 Å². The van der Waals surface area contributed by atoms with E-state index >= 15 is 0 Å². The minimum Gasteiger partial charge on any atom is -0.350 e. The monoisotopic (exact) mass is 278 g/mol. The number of rotatable bonds is 5. The van der Waals surface area contributed by atoms with Gasteiger partial charge in [0.25, 0.3) is 5.91 Å². The van der Waals surface area contributed by atoms with E-state index in [4.69, 9.17) is 9.47 Å². The fourth-order valence-corrected chi connectivity index (χ4v) is 2.41. The van der Waals surface area contributed by atoms with Gasteiger partial charge in [-0.05, 0) is 31.9 Å². The van der Waals surface area contributed by atoms with E-state index in [2.05, 4.69) is 17.2 Å². The van der Waals surface area contributed by atoms with Crippen LogP contribution in [0.1, 0.15) is 36.5 Å². The molecule has 0 saturated carbocycles. The van der Waals surface area contributed by atoms with Crippen LogP contribution in [0.4, 0.5) is 0 Å². The Bertz CT molecular complexity index is 470. The minimum atomic E-state index is -0.508. The molecule has 1 aromatic rings. The lowest BCUT2D eigenvalue weighted by molar-refractivity contribution is -0.153. The molecule has 1 N–H and O–H groups in total. The number of aromatic nitrogens is 1. The molecule has 5 heteroatoms. The summed E-state index contributed by atoms with van der Waals surface area (Å²) in [4.78, 5) is 16.2. The average molecular weight is 278 g/mol. The van der Waals surface area contributed by atoms with E-state index in [0.29, 0.717) is 25.5 Å². The Labute approximate surface area is 119 Å². The molecule has 1 aliphatic heterocycles. The van der Waals surface area contributed by atoms with Crippen molar-refractivity contribution in [3.63, 3.8) is 0 Å². The number of ether oxygens (including phenoxy) is 2. The van der Waals surface area contributed by atoms with Crippen LogP contribution in [-0.4, -0.2) is 36.4 Å². The summed E-state index contributed by atoms with van der Waals surface area (Å²) in [7, 11) is 0. The van der Waals surface area contributed by atoms with Crippen molar-refractivity contribution in [1.29, 1.82) is 0 Å². The van der Waals surface area contributed by atoms with Crippen LogP contribution in [0.5, 0.6) is 0 Å². The third-order valence-electron chi connectivity index (χ3n) is 3.35. The number of hydrogen-bond donors (Lipinski definition) is 1. The normalized spacial score (nSPS) is 18.8. The molecule has 0 radical (unpaired) electrons. The molecule has 1 unspecified atom stereocenters. The van der Waals surface area contributed by atoms with Crippen LogP contribution in [0.3, 0.4) is 0 Å². The lowest BCUT2D eigenvalue weighted by Gasteiger charge is -2.25. The summed E-state index contributed by atoms with van der Waals surface area (Å²) in [6, 6.07) is 5.43. The number of nitrogens with zero attached hydrogens (tertiary/aromatic N) is 1. The molecule has 0 aromatic carbocycles. The third kappa shape index (κ3) is 4.02. The highest BCUT2D eigenvalue weighted by Gasteiger charge is 2.32. The minimum absolute atomic E-state index is 0.140. The van der Waals surface area contributed by atoms with Crippen molar-refractivity contribution < 1.29 is 14.3 Å². The van der Waals surface area contributed by atoms with Crippen molar-refractivity contribution in [3.05, 3.63) is 29.6 Å². The van der Waals surface area contributed by atoms with Crippen LogP contribution in [0, 0.1) is 12.8 Å². The van der Waals surface area contributed by atoms with Crippen LogP contribution >= 0.6 is 0 Å². The number of carbonyl (C=O) groups is 1. The van der Waals surface area contributed by atoms with Crippen molar-refractivity contribution in [2.24, 2.45) is 5.92 Å². The van der Waals surface area contributed by atoms with Crippen molar-refractivity contribution in [2.75, 3.05) is 19.8 Å². The molecular formula is C15H22N2O3. The standard InChI is InChI=1S/C15H22N2O3/c1-11(9-15(3)19-7-8-20-15)10-16-14(18)13-6-4-5-12(2)17-13/h4-6,11H,7-10H2,1-3H3,(H,16,18). The molecule has 1 aromatic heterocycles. The predicted molar refractivity (Wildman–Crippen MR) is 75.4 cm³/mol.